The number of hydrogen-bond donors (Lipinski definition) is 1. The van der Waals surface area contributed by atoms with Gasteiger partial charge < -0.3 is 9.73 Å². The summed E-state index contributed by atoms with van der Waals surface area (Å²) in [4.78, 5) is 2.45. The van der Waals surface area contributed by atoms with Crippen molar-refractivity contribution in [3.63, 3.8) is 0 Å². The molecule has 1 heterocycles. The number of para-hydroxylation sites is 1. The van der Waals surface area contributed by atoms with Crippen molar-refractivity contribution in [2.45, 2.75) is 46.7 Å². The van der Waals surface area contributed by atoms with E-state index in [1.807, 2.05) is 6.07 Å². The van der Waals surface area contributed by atoms with Crippen LogP contribution >= 0.6 is 0 Å². The molecular weight excluding hydrogens is 260 g/mol. The third kappa shape index (κ3) is 4.08. The van der Waals surface area contributed by atoms with Gasteiger partial charge in [0.05, 0.1) is 6.54 Å². The predicted molar refractivity (Wildman–Crippen MR) is 89.5 cm³/mol. The Hall–Kier alpha value is -1.32. The number of nitrogens with one attached hydrogen (secondary N) is 1. The van der Waals surface area contributed by atoms with E-state index in [9.17, 15) is 0 Å². The highest BCUT2D eigenvalue weighted by atomic mass is 16.3. The minimum atomic E-state index is 0.893. The molecule has 0 spiro atoms. The van der Waals surface area contributed by atoms with E-state index < -0.39 is 0 Å². The monoisotopic (exact) mass is 288 g/mol. The molecule has 116 valence electrons. The summed E-state index contributed by atoms with van der Waals surface area (Å²) in [7, 11) is 0. The molecule has 2 rings (SSSR count). The summed E-state index contributed by atoms with van der Waals surface area (Å²) in [5, 5.41) is 4.77. The SMILES string of the molecule is CCCNCc1c(CN(CC)CCC)oc2ccccc12. The van der Waals surface area contributed by atoms with E-state index in [2.05, 4.69) is 49.2 Å². The summed E-state index contributed by atoms with van der Waals surface area (Å²) in [5.41, 5.74) is 2.34. The molecule has 0 aliphatic rings. The van der Waals surface area contributed by atoms with E-state index in [-0.39, 0.29) is 0 Å². The Bertz CT molecular complexity index is 547. The molecule has 0 radical (unpaired) electrons. The van der Waals surface area contributed by atoms with Crippen molar-refractivity contribution in [2.75, 3.05) is 19.6 Å². The molecule has 1 aromatic carbocycles. The zero-order valence-corrected chi connectivity index (χ0v) is 13.6. The van der Waals surface area contributed by atoms with Crippen LogP contribution in [0.15, 0.2) is 28.7 Å². The van der Waals surface area contributed by atoms with Crippen LogP contribution in [0, 0.1) is 0 Å². The van der Waals surface area contributed by atoms with Crippen LogP contribution in [-0.2, 0) is 13.1 Å². The summed E-state index contributed by atoms with van der Waals surface area (Å²) in [5.74, 6) is 1.12. The average Bonchev–Trinajstić information content (AvgIpc) is 2.85. The summed E-state index contributed by atoms with van der Waals surface area (Å²) in [6.07, 6.45) is 2.33. The molecule has 0 aliphatic carbocycles. The maximum Gasteiger partial charge on any atom is 0.134 e. The first-order valence-electron chi connectivity index (χ1n) is 8.22. The van der Waals surface area contributed by atoms with Crippen molar-refractivity contribution in [3.05, 3.63) is 35.6 Å². The fraction of sp³-hybridized carbons (Fsp3) is 0.556. The molecule has 0 bridgehead atoms. The lowest BCUT2D eigenvalue weighted by Gasteiger charge is -2.18. The molecule has 0 saturated carbocycles. The Morgan fingerprint density at radius 2 is 1.90 bits per heavy atom. The number of benzene rings is 1. The van der Waals surface area contributed by atoms with Crippen molar-refractivity contribution in [3.8, 4) is 0 Å². The van der Waals surface area contributed by atoms with Gasteiger partial charge in [-0.3, -0.25) is 4.90 Å². The third-order valence-electron chi connectivity index (χ3n) is 3.86. The number of nitrogens with zero attached hydrogens (tertiary/aromatic N) is 1. The van der Waals surface area contributed by atoms with Gasteiger partial charge in [-0.25, -0.2) is 0 Å². The first kappa shape index (κ1) is 16.1. The maximum absolute atomic E-state index is 6.13. The van der Waals surface area contributed by atoms with Crippen LogP contribution in [-0.4, -0.2) is 24.5 Å². The average molecular weight is 288 g/mol. The lowest BCUT2D eigenvalue weighted by molar-refractivity contribution is 0.257. The minimum absolute atomic E-state index is 0.893. The fourth-order valence-corrected chi connectivity index (χ4v) is 2.73. The molecule has 1 aromatic heterocycles. The van der Waals surface area contributed by atoms with Crippen LogP contribution < -0.4 is 5.32 Å². The Morgan fingerprint density at radius 3 is 2.62 bits per heavy atom. The van der Waals surface area contributed by atoms with E-state index >= 15 is 0 Å². The normalized spacial score (nSPS) is 11.6. The van der Waals surface area contributed by atoms with Crippen molar-refractivity contribution < 1.29 is 4.42 Å². The van der Waals surface area contributed by atoms with E-state index in [4.69, 9.17) is 4.42 Å². The lowest BCUT2D eigenvalue weighted by atomic mass is 10.1. The molecule has 0 fully saturated rings. The number of hydrogen-bond acceptors (Lipinski definition) is 3. The molecular formula is C18H28N2O. The third-order valence-corrected chi connectivity index (χ3v) is 3.86. The summed E-state index contributed by atoms with van der Waals surface area (Å²) in [6, 6.07) is 8.37. The largest absolute Gasteiger partial charge is 0.459 e. The van der Waals surface area contributed by atoms with Gasteiger partial charge in [0.1, 0.15) is 11.3 Å². The van der Waals surface area contributed by atoms with Gasteiger partial charge in [-0.1, -0.05) is 39.0 Å². The predicted octanol–water partition coefficient (Wildman–Crippen LogP) is 4.16. The Kier molecular flexibility index (Phi) is 6.27. The second kappa shape index (κ2) is 8.20. The lowest BCUT2D eigenvalue weighted by Crippen LogP contribution is -2.24. The number of rotatable bonds is 9. The number of furan rings is 1. The van der Waals surface area contributed by atoms with Gasteiger partial charge >= 0.3 is 0 Å². The first-order valence-corrected chi connectivity index (χ1v) is 8.22. The van der Waals surface area contributed by atoms with Gasteiger partial charge in [-0.05, 0) is 38.5 Å². The van der Waals surface area contributed by atoms with Gasteiger partial charge in [0.15, 0.2) is 0 Å². The number of fused-ring (bicyclic) bond motifs is 1. The Balaban J connectivity index is 2.25. The Labute approximate surface area is 128 Å². The smallest absolute Gasteiger partial charge is 0.134 e. The molecule has 3 nitrogen and oxygen atoms in total. The van der Waals surface area contributed by atoms with Crippen LogP contribution in [0.1, 0.15) is 44.9 Å². The summed E-state index contributed by atoms with van der Waals surface area (Å²) in [6.45, 7) is 11.7. The fourth-order valence-electron chi connectivity index (χ4n) is 2.73. The molecule has 0 unspecified atom stereocenters. The highest BCUT2D eigenvalue weighted by molar-refractivity contribution is 5.82. The van der Waals surface area contributed by atoms with Crippen LogP contribution in [0.2, 0.25) is 0 Å². The van der Waals surface area contributed by atoms with Crippen LogP contribution in [0.4, 0.5) is 0 Å². The molecule has 21 heavy (non-hydrogen) atoms. The topological polar surface area (TPSA) is 28.4 Å². The van der Waals surface area contributed by atoms with E-state index in [0.29, 0.717) is 0 Å². The highest BCUT2D eigenvalue weighted by Crippen LogP contribution is 2.27. The van der Waals surface area contributed by atoms with Crippen LogP contribution in [0.3, 0.4) is 0 Å². The van der Waals surface area contributed by atoms with Gasteiger partial charge in [0, 0.05) is 17.5 Å². The highest BCUT2D eigenvalue weighted by Gasteiger charge is 2.15. The summed E-state index contributed by atoms with van der Waals surface area (Å²) < 4.78 is 6.13. The van der Waals surface area contributed by atoms with Gasteiger partial charge in [0.25, 0.3) is 0 Å². The second-order valence-corrected chi connectivity index (χ2v) is 5.55. The quantitative estimate of drug-likeness (QED) is 0.702. The van der Waals surface area contributed by atoms with Crippen molar-refractivity contribution >= 4 is 11.0 Å². The first-order chi connectivity index (χ1) is 10.3. The molecule has 3 heteroatoms. The van der Waals surface area contributed by atoms with Crippen LogP contribution in [0.5, 0.6) is 0 Å². The van der Waals surface area contributed by atoms with E-state index in [0.717, 1.165) is 50.5 Å². The standard InChI is InChI=1S/C18H28N2O/c1-4-11-19-13-16-15-9-7-8-10-17(15)21-18(16)14-20(6-3)12-5-2/h7-10,19H,4-6,11-14H2,1-3H3. The van der Waals surface area contributed by atoms with Gasteiger partial charge in [0.2, 0.25) is 0 Å². The van der Waals surface area contributed by atoms with Gasteiger partial charge in [-0.15, -0.1) is 0 Å². The molecule has 0 amide bonds. The minimum Gasteiger partial charge on any atom is -0.459 e. The zero-order chi connectivity index (χ0) is 15.1. The summed E-state index contributed by atoms with van der Waals surface area (Å²) >= 11 is 0. The van der Waals surface area contributed by atoms with Crippen molar-refractivity contribution in [1.29, 1.82) is 0 Å². The van der Waals surface area contributed by atoms with E-state index in [1.165, 1.54) is 17.4 Å². The molecule has 0 aliphatic heterocycles. The van der Waals surface area contributed by atoms with Crippen LogP contribution in [0.25, 0.3) is 11.0 Å². The van der Waals surface area contributed by atoms with E-state index in [1.54, 1.807) is 0 Å². The molecule has 0 saturated heterocycles. The van der Waals surface area contributed by atoms with Gasteiger partial charge in [-0.2, -0.15) is 0 Å². The molecule has 0 atom stereocenters. The molecule has 1 N–H and O–H groups in total. The second-order valence-electron chi connectivity index (χ2n) is 5.55. The Morgan fingerprint density at radius 1 is 1.10 bits per heavy atom. The zero-order valence-electron chi connectivity index (χ0n) is 13.6. The maximum atomic E-state index is 6.13. The van der Waals surface area contributed by atoms with Crippen molar-refractivity contribution in [1.82, 2.24) is 10.2 Å². The molecule has 2 aromatic rings. The van der Waals surface area contributed by atoms with Crippen molar-refractivity contribution in [2.24, 2.45) is 0 Å².